The van der Waals surface area contributed by atoms with Crippen molar-refractivity contribution in [2.75, 3.05) is 73.7 Å². The summed E-state index contributed by atoms with van der Waals surface area (Å²) in [5, 5.41) is 3.59. The lowest BCUT2D eigenvalue weighted by Gasteiger charge is -2.31. The van der Waals surface area contributed by atoms with E-state index >= 15 is 0 Å². The third-order valence-electron chi connectivity index (χ3n) is 4.85. The van der Waals surface area contributed by atoms with Crippen LogP contribution in [0.25, 0.3) is 0 Å². The lowest BCUT2D eigenvalue weighted by molar-refractivity contribution is 0.0536. The summed E-state index contributed by atoms with van der Waals surface area (Å²) in [7, 11) is 5.81. The molecule has 0 aliphatic carbocycles. The Morgan fingerprint density at radius 1 is 1.17 bits per heavy atom. The van der Waals surface area contributed by atoms with Crippen LogP contribution in [-0.4, -0.2) is 89.5 Å². The van der Waals surface area contributed by atoms with E-state index in [0.717, 1.165) is 38.1 Å². The Hall–Kier alpha value is -0.850. The van der Waals surface area contributed by atoms with Crippen molar-refractivity contribution in [2.24, 2.45) is 16.8 Å². The van der Waals surface area contributed by atoms with Crippen molar-refractivity contribution in [1.29, 1.82) is 0 Å². The van der Waals surface area contributed by atoms with E-state index in [-0.39, 0.29) is 0 Å². The highest BCUT2D eigenvalue weighted by atomic mass is 16.5. The number of ether oxygens (including phenoxy) is 2. The standard InChI is InChI=1S/C17H34N4O2/c1-18-17(19-11-15-5-4-7-20(2)12-15)21-8-6-16(13-21)14-23-10-9-22-3/h15-16H,4-14H2,1-3H3,(H,18,19). The molecule has 2 saturated heterocycles. The summed E-state index contributed by atoms with van der Waals surface area (Å²) < 4.78 is 10.7. The average molecular weight is 326 g/mol. The minimum absolute atomic E-state index is 0.603. The van der Waals surface area contributed by atoms with Gasteiger partial charge in [0.05, 0.1) is 19.8 Å². The number of aliphatic imine (C=N–C) groups is 1. The van der Waals surface area contributed by atoms with Gasteiger partial charge in [-0.3, -0.25) is 4.99 Å². The van der Waals surface area contributed by atoms with Crippen molar-refractivity contribution in [3.05, 3.63) is 0 Å². The van der Waals surface area contributed by atoms with Gasteiger partial charge in [-0.1, -0.05) is 0 Å². The number of methoxy groups -OCH3 is 1. The molecule has 1 N–H and O–H groups in total. The fourth-order valence-electron chi connectivity index (χ4n) is 3.56. The van der Waals surface area contributed by atoms with Gasteiger partial charge < -0.3 is 24.6 Å². The Morgan fingerprint density at radius 2 is 2.04 bits per heavy atom. The van der Waals surface area contributed by atoms with Gasteiger partial charge in [0.2, 0.25) is 0 Å². The predicted molar refractivity (Wildman–Crippen MR) is 94.0 cm³/mol. The first-order valence-electron chi connectivity index (χ1n) is 8.93. The van der Waals surface area contributed by atoms with E-state index in [1.54, 1.807) is 7.11 Å². The van der Waals surface area contributed by atoms with Crippen LogP contribution in [0.1, 0.15) is 19.3 Å². The van der Waals surface area contributed by atoms with E-state index in [1.165, 1.54) is 32.4 Å². The molecule has 23 heavy (non-hydrogen) atoms. The normalized spacial score (nSPS) is 26.7. The highest BCUT2D eigenvalue weighted by Crippen LogP contribution is 2.17. The zero-order valence-electron chi connectivity index (χ0n) is 15.1. The molecule has 2 aliphatic heterocycles. The molecule has 134 valence electrons. The second-order valence-corrected chi connectivity index (χ2v) is 6.87. The number of hydrogen-bond acceptors (Lipinski definition) is 4. The first-order valence-corrected chi connectivity index (χ1v) is 8.93. The average Bonchev–Trinajstić information content (AvgIpc) is 3.01. The summed E-state index contributed by atoms with van der Waals surface area (Å²) in [6.45, 7) is 7.76. The number of rotatable bonds is 7. The molecule has 2 aliphatic rings. The van der Waals surface area contributed by atoms with Crippen LogP contribution in [0, 0.1) is 11.8 Å². The Labute approximate surface area is 141 Å². The van der Waals surface area contributed by atoms with Crippen molar-refractivity contribution < 1.29 is 9.47 Å². The quantitative estimate of drug-likeness (QED) is 0.428. The highest BCUT2D eigenvalue weighted by Gasteiger charge is 2.25. The molecule has 0 aromatic carbocycles. The van der Waals surface area contributed by atoms with Crippen molar-refractivity contribution in [2.45, 2.75) is 19.3 Å². The molecule has 2 atom stereocenters. The summed E-state index contributed by atoms with van der Waals surface area (Å²) in [4.78, 5) is 9.28. The van der Waals surface area contributed by atoms with Gasteiger partial charge in [0, 0.05) is 46.3 Å². The molecule has 2 heterocycles. The second kappa shape index (κ2) is 10.1. The van der Waals surface area contributed by atoms with Gasteiger partial charge in [0.25, 0.3) is 0 Å². The molecule has 2 unspecified atom stereocenters. The number of piperidine rings is 1. The monoisotopic (exact) mass is 326 g/mol. The molecule has 0 amide bonds. The lowest BCUT2D eigenvalue weighted by Crippen LogP contribution is -2.45. The summed E-state index contributed by atoms with van der Waals surface area (Å²) in [5.41, 5.74) is 0. The highest BCUT2D eigenvalue weighted by molar-refractivity contribution is 5.80. The maximum absolute atomic E-state index is 5.67. The molecule has 6 heteroatoms. The zero-order chi connectivity index (χ0) is 16.5. The molecular formula is C17H34N4O2. The van der Waals surface area contributed by atoms with Crippen molar-refractivity contribution in [3.8, 4) is 0 Å². The number of nitrogens with one attached hydrogen (secondary N) is 1. The van der Waals surface area contributed by atoms with E-state index in [9.17, 15) is 0 Å². The van der Waals surface area contributed by atoms with Gasteiger partial charge in [-0.05, 0) is 38.8 Å². The largest absolute Gasteiger partial charge is 0.382 e. The fourth-order valence-corrected chi connectivity index (χ4v) is 3.56. The van der Waals surface area contributed by atoms with Crippen LogP contribution < -0.4 is 5.32 Å². The van der Waals surface area contributed by atoms with Crippen molar-refractivity contribution in [1.82, 2.24) is 15.1 Å². The van der Waals surface area contributed by atoms with Crippen LogP contribution in [0.4, 0.5) is 0 Å². The Morgan fingerprint density at radius 3 is 2.78 bits per heavy atom. The summed E-state index contributed by atoms with van der Waals surface area (Å²) >= 11 is 0. The second-order valence-electron chi connectivity index (χ2n) is 6.87. The SMILES string of the molecule is CN=C(NCC1CCCN(C)C1)N1CCC(COCCOC)C1. The number of nitrogens with zero attached hydrogens (tertiary/aromatic N) is 3. The van der Waals surface area contributed by atoms with E-state index in [4.69, 9.17) is 9.47 Å². The smallest absolute Gasteiger partial charge is 0.193 e. The van der Waals surface area contributed by atoms with Crippen LogP contribution in [0.15, 0.2) is 4.99 Å². The first-order chi connectivity index (χ1) is 11.2. The van der Waals surface area contributed by atoms with Crippen molar-refractivity contribution in [3.63, 3.8) is 0 Å². The van der Waals surface area contributed by atoms with Crippen LogP contribution in [0.2, 0.25) is 0 Å². The molecule has 0 saturated carbocycles. The first kappa shape index (κ1) is 18.5. The minimum atomic E-state index is 0.603. The van der Waals surface area contributed by atoms with Gasteiger partial charge in [-0.15, -0.1) is 0 Å². The van der Waals surface area contributed by atoms with Gasteiger partial charge in [0.1, 0.15) is 0 Å². The van der Waals surface area contributed by atoms with Crippen LogP contribution in [0.3, 0.4) is 0 Å². The van der Waals surface area contributed by atoms with Gasteiger partial charge in [-0.25, -0.2) is 0 Å². The Bertz CT molecular complexity index is 365. The zero-order valence-corrected chi connectivity index (χ0v) is 15.1. The third kappa shape index (κ3) is 6.28. The van der Waals surface area contributed by atoms with Crippen molar-refractivity contribution >= 4 is 5.96 Å². The van der Waals surface area contributed by atoms with Crippen LogP contribution in [0.5, 0.6) is 0 Å². The summed E-state index contributed by atoms with van der Waals surface area (Å²) in [5.74, 6) is 2.39. The lowest BCUT2D eigenvalue weighted by atomic mass is 9.99. The minimum Gasteiger partial charge on any atom is -0.382 e. The van der Waals surface area contributed by atoms with E-state index in [1.807, 2.05) is 7.05 Å². The van der Waals surface area contributed by atoms with Crippen LogP contribution >= 0.6 is 0 Å². The van der Waals surface area contributed by atoms with E-state index in [2.05, 4.69) is 27.2 Å². The fraction of sp³-hybridized carbons (Fsp3) is 0.941. The molecule has 0 aromatic heterocycles. The maximum atomic E-state index is 5.67. The number of hydrogen-bond donors (Lipinski definition) is 1. The van der Waals surface area contributed by atoms with E-state index < -0.39 is 0 Å². The summed E-state index contributed by atoms with van der Waals surface area (Å²) in [6, 6.07) is 0. The van der Waals surface area contributed by atoms with E-state index in [0.29, 0.717) is 19.1 Å². The number of guanidine groups is 1. The van der Waals surface area contributed by atoms with Gasteiger partial charge in [0.15, 0.2) is 5.96 Å². The third-order valence-corrected chi connectivity index (χ3v) is 4.85. The molecular weight excluding hydrogens is 292 g/mol. The molecule has 6 nitrogen and oxygen atoms in total. The molecule has 2 fully saturated rings. The number of likely N-dealkylation sites (tertiary alicyclic amines) is 2. The van der Waals surface area contributed by atoms with Gasteiger partial charge in [-0.2, -0.15) is 0 Å². The Balaban J connectivity index is 1.67. The maximum Gasteiger partial charge on any atom is 0.193 e. The molecule has 0 spiro atoms. The summed E-state index contributed by atoms with van der Waals surface area (Å²) in [6.07, 6.45) is 3.82. The Kier molecular flexibility index (Phi) is 8.12. The van der Waals surface area contributed by atoms with Gasteiger partial charge >= 0.3 is 0 Å². The topological polar surface area (TPSA) is 49.3 Å². The molecule has 0 radical (unpaired) electrons. The molecule has 0 bridgehead atoms. The predicted octanol–water partition coefficient (Wildman–Crippen LogP) is 0.889. The molecule has 0 aromatic rings. The van der Waals surface area contributed by atoms with Crippen LogP contribution in [-0.2, 0) is 9.47 Å². The molecule has 2 rings (SSSR count).